The van der Waals surface area contributed by atoms with Crippen LogP contribution >= 0.6 is 30.7 Å². The number of aryl methyl sites for hydroxylation is 1. The van der Waals surface area contributed by atoms with E-state index < -0.39 is 0 Å². The molecule has 0 bridgehead atoms. The van der Waals surface area contributed by atoms with E-state index in [1.807, 2.05) is 0 Å². The molecule has 0 saturated heterocycles. The molecule has 2 rings (SSSR count). The Morgan fingerprint density at radius 3 is 3.19 bits per heavy atom. The highest BCUT2D eigenvalue weighted by molar-refractivity contribution is 9.44. The highest BCUT2D eigenvalue weighted by Gasteiger charge is 2.22. The minimum atomic E-state index is -0.297. The van der Waals surface area contributed by atoms with E-state index in [0.717, 1.165) is 44.1 Å². The van der Waals surface area contributed by atoms with Gasteiger partial charge in [0, 0.05) is 12.5 Å². The second kappa shape index (κ2) is 5.75. The number of fused-ring (bicyclic) bond motifs is 1. The van der Waals surface area contributed by atoms with Crippen LogP contribution in [0.25, 0.3) is 0 Å². The summed E-state index contributed by atoms with van der Waals surface area (Å²) in [5.74, 6) is 0.523. The first kappa shape index (κ1) is 12.7. The van der Waals surface area contributed by atoms with E-state index in [2.05, 4.69) is 29.6 Å². The van der Waals surface area contributed by atoms with Crippen LogP contribution in [0.5, 0.6) is 0 Å². The lowest BCUT2D eigenvalue weighted by atomic mass is 10.1. The molecule has 7 heteroatoms. The topological polar surface area (TPSA) is 48.0 Å². The van der Waals surface area contributed by atoms with Gasteiger partial charge < -0.3 is 8.93 Å². The van der Waals surface area contributed by atoms with Crippen molar-refractivity contribution >= 4 is 30.7 Å². The van der Waals surface area contributed by atoms with E-state index in [9.17, 15) is 4.79 Å². The molecule has 1 unspecified atom stereocenters. The van der Waals surface area contributed by atoms with Gasteiger partial charge in [0.05, 0.1) is 0 Å². The molecule has 0 spiro atoms. The van der Waals surface area contributed by atoms with Crippen molar-refractivity contribution in [2.75, 3.05) is 6.16 Å². The van der Waals surface area contributed by atoms with E-state index in [-0.39, 0.29) is 18.1 Å². The Balaban J connectivity index is 2.18. The molecule has 0 saturated carbocycles. The highest BCUT2D eigenvalue weighted by atomic mass is 79.9. The molecule has 90 valence electrons. The predicted octanol–water partition coefficient (Wildman–Crippen LogP) is 3.34. The lowest BCUT2D eigenvalue weighted by molar-refractivity contribution is 0.350. The SMILES string of the molecule is O=c1onc2n1[C@@H](CCP([PH-])Br)CCCC2. The van der Waals surface area contributed by atoms with Gasteiger partial charge in [-0.05, 0) is 25.4 Å². The third kappa shape index (κ3) is 2.94. The monoisotopic (exact) mass is 323 g/mol. The standard InChI is InChI=1S/C9H14BrN2O2P2/c10-16(15)6-5-7-3-1-2-4-8-11-14-9(13)12(7)8/h7,15H,1-6H2/q-1/t7-,16?/m1/s1. The first-order valence-corrected chi connectivity index (χ1v) is 10.3. The maximum atomic E-state index is 11.6. The van der Waals surface area contributed by atoms with Gasteiger partial charge in [0.2, 0.25) is 0 Å². The molecule has 1 aliphatic rings. The summed E-state index contributed by atoms with van der Waals surface area (Å²) in [7, 11) is 3.57. The summed E-state index contributed by atoms with van der Waals surface area (Å²) in [4.78, 5) is 11.6. The molecule has 0 fully saturated rings. The van der Waals surface area contributed by atoms with Gasteiger partial charge in [-0.25, -0.2) is 11.1 Å². The smallest absolute Gasteiger partial charge is 0.441 e. The second-order valence-electron chi connectivity index (χ2n) is 4.01. The van der Waals surface area contributed by atoms with Crippen LogP contribution in [0.15, 0.2) is 9.32 Å². The van der Waals surface area contributed by atoms with Gasteiger partial charge in [0.15, 0.2) is 5.82 Å². The van der Waals surface area contributed by atoms with Crippen LogP contribution in [-0.4, -0.2) is 15.9 Å². The van der Waals surface area contributed by atoms with Gasteiger partial charge in [-0.2, -0.15) is 0 Å². The predicted molar refractivity (Wildman–Crippen MR) is 71.0 cm³/mol. The number of hydrogen-bond acceptors (Lipinski definition) is 3. The van der Waals surface area contributed by atoms with Gasteiger partial charge in [0.25, 0.3) is 0 Å². The molecule has 1 aliphatic heterocycles. The van der Waals surface area contributed by atoms with E-state index in [1.54, 1.807) is 4.57 Å². The average molecular weight is 324 g/mol. The molecule has 0 aromatic carbocycles. The van der Waals surface area contributed by atoms with Gasteiger partial charge >= 0.3 is 5.76 Å². The van der Waals surface area contributed by atoms with E-state index in [1.165, 1.54) is 0 Å². The summed E-state index contributed by atoms with van der Waals surface area (Å²) >= 11 is 3.52. The molecule has 0 aliphatic carbocycles. The first-order chi connectivity index (χ1) is 7.68. The summed E-state index contributed by atoms with van der Waals surface area (Å²) in [6.45, 7) is 0. The Kier molecular flexibility index (Phi) is 4.57. The fourth-order valence-corrected chi connectivity index (χ4v) is 3.67. The number of hydrogen-bond donors (Lipinski definition) is 0. The van der Waals surface area contributed by atoms with Crippen molar-refractivity contribution in [3.8, 4) is 0 Å². The molecule has 2 atom stereocenters. The Hall–Kier alpha value is 0.280. The van der Waals surface area contributed by atoms with E-state index in [4.69, 9.17) is 4.52 Å². The summed E-state index contributed by atoms with van der Waals surface area (Å²) in [6, 6.07) is 0.259. The fourth-order valence-electron chi connectivity index (χ4n) is 2.14. The second-order valence-corrected chi connectivity index (χ2v) is 11.3. The molecule has 4 nitrogen and oxygen atoms in total. The molecule has 1 aromatic heterocycles. The molecular formula is C9H14BrN2O2P2-. The van der Waals surface area contributed by atoms with Crippen molar-refractivity contribution in [1.29, 1.82) is 0 Å². The largest absolute Gasteiger partial charge is 0.514 e. The molecule has 0 radical (unpaired) electrons. The third-order valence-electron chi connectivity index (χ3n) is 2.92. The molecular weight excluding hydrogens is 310 g/mol. The van der Waals surface area contributed by atoms with Crippen LogP contribution in [-0.2, 0) is 6.42 Å². The Labute approximate surface area is 106 Å². The van der Waals surface area contributed by atoms with Gasteiger partial charge in [-0.1, -0.05) is 27.1 Å². The van der Waals surface area contributed by atoms with Crippen molar-refractivity contribution in [2.24, 2.45) is 0 Å². The van der Waals surface area contributed by atoms with Gasteiger partial charge in [-0.15, -0.1) is 0 Å². The lowest BCUT2D eigenvalue weighted by Crippen LogP contribution is -2.22. The fraction of sp³-hybridized carbons (Fsp3) is 0.778. The zero-order valence-electron chi connectivity index (χ0n) is 8.86. The van der Waals surface area contributed by atoms with E-state index in [0.29, 0.717) is 0 Å². The van der Waals surface area contributed by atoms with Crippen LogP contribution in [0.1, 0.15) is 37.5 Å². The normalized spacial score (nSPS) is 22.5. The quantitative estimate of drug-likeness (QED) is 0.801. The number of aromatic nitrogens is 2. The lowest BCUT2D eigenvalue weighted by Gasteiger charge is -2.19. The number of rotatable bonds is 3. The van der Waals surface area contributed by atoms with Crippen molar-refractivity contribution in [3.05, 3.63) is 16.4 Å². The van der Waals surface area contributed by atoms with Crippen LogP contribution in [0.2, 0.25) is 0 Å². The molecule has 16 heavy (non-hydrogen) atoms. The van der Waals surface area contributed by atoms with Crippen molar-refractivity contribution < 1.29 is 4.52 Å². The number of halogens is 1. The van der Waals surface area contributed by atoms with Gasteiger partial charge in [0.1, 0.15) is 0 Å². The zero-order valence-corrected chi connectivity index (χ0v) is 12.3. The summed E-state index contributed by atoms with van der Waals surface area (Å²) in [5, 5.41) is 3.85. The maximum Gasteiger partial charge on any atom is 0.441 e. The molecule has 1 aromatic rings. The molecule has 0 N–H and O–H groups in total. The van der Waals surface area contributed by atoms with Crippen molar-refractivity contribution in [3.63, 3.8) is 0 Å². The van der Waals surface area contributed by atoms with Crippen LogP contribution in [0.3, 0.4) is 0 Å². The zero-order chi connectivity index (χ0) is 11.5. The van der Waals surface area contributed by atoms with Crippen LogP contribution in [0, 0.1) is 0 Å². The minimum Gasteiger partial charge on any atom is -0.514 e. The Morgan fingerprint density at radius 1 is 1.62 bits per heavy atom. The summed E-state index contributed by atoms with van der Waals surface area (Å²) < 4.78 is 6.50. The molecule has 2 heterocycles. The van der Waals surface area contributed by atoms with Crippen molar-refractivity contribution in [1.82, 2.24) is 9.72 Å². The summed E-state index contributed by atoms with van der Waals surface area (Å²) in [5.41, 5.74) is 0. The number of nitrogens with zero attached hydrogens (tertiary/aromatic N) is 2. The third-order valence-corrected chi connectivity index (χ3v) is 5.30. The summed E-state index contributed by atoms with van der Waals surface area (Å²) in [6.07, 6.45) is 5.95. The minimum absolute atomic E-state index is 0.259. The van der Waals surface area contributed by atoms with Crippen LogP contribution < -0.4 is 5.76 Å². The average Bonchev–Trinajstić information content (AvgIpc) is 2.49. The van der Waals surface area contributed by atoms with E-state index >= 15 is 0 Å². The molecule has 0 amide bonds. The Bertz CT molecular complexity index is 404. The first-order valence-electron chi connectivity index (χ1n) is 5.40. The Morgan fingerprint density at radius 2 is 2.44 bits per heavy atom. The van der Waals surface area contributed by atoms with Crippen LogP contribution in [0.4, 0.5) is 0 Å². The van der Waals surface area contributed by atoms with Crippen molar-refractivity contribution in [2.45, 2.75) is 38.1 Å². The maximum absolute atomic E-state index is 11.6. The van der Waals surface area contributed by atoms with Gasteiger partial charge in [-0.3, -0.25) is 9.09 Å². The highest BCUT2D eigenvalue weighted by Crippen LogP contribution is 2.53.